The first-order valence-corrected chi connectivity index (χ1v) is 8.38. The molecule has 1 aromatic heterocycles. The number of methoxy groups -OCH3 is 1. The van der Waals surface area contributed by atoms with E-state index in [1.165, 1.54) is 31.4 Å². The van der Waals surface area contributed by atoms with Crippen LogP contribution in [0.25, 0.3) is 10.1 Å². The van der Waals surface area contributed by atoms with E-state index in [-0.39, 0.29) is 17.0 Å². The minimum Gasteiger partial charge on any atom is -0.380 e. The molecule has 0 fully saturated rings. The van der Waals surface area contributed by atoms with Gasteiger partial charge in [0.1, 0.15) is 16.5 Å². The van der Waals surface area contributed by atoms with Crippen LogP contribution in [0.3, 0.4) is 0 Å². The third-order valence-electron chi connectivity index (χ3n) is 3.67. The molecule has 134 valence electrons. The molecular formula is C18H14F2N2O3S. The lowest BCUT2D eigenvalue weighted by molar-refractivity contribution is 0.0844. The molecular weight excluding hydrogens is 362 g/mol. The average Bonchev–Trinajstić information content (AvgIpc) is 3.00. The number of thiophene rings is 1. The van der Waals surface area contributed by atoms with E-state index in [4.69, 9.17) is 4.74 Å². The van der Waals surface area contributed by atoms with Crippen molar-refractivity contribution in [2.24, 2.45) is 0 Å². The van der Waals surface area contributed by atoms with Gasteiger partial charge in [-0.2, -0.15) is 0 Å². The van der Waals surface area contributed by atoms with Gasteiger partial charge in [-0.1, -0.05) is 18.2 Å². The maximum atomic E-state index is 14.1. The molecule has 0 saturated heterocycles. The second-order valence-electron chi connectivity index (χ2n) is 5.34. The van der Waals surface area contributed by atoms with Crippen LogP contribution >= 0.6 is 11.3 Å². The summed E-state index contributed by atoms with van der Waals surface area (Å²) in [6.45, 7) is 0.0327. The van der Waals surface area contributed by atoms with E-state index in [9.17, 15) is 18.4 Å². The molecule has 0 atom stereocenters. The van der Waals surface area contributed by atoms with Gasteiger partial charge >= 0.3 is 0 Å². The van der Waals surface area contributed by atoms with Crippen LogP contribution in [0.5, 0.6) is 0 Å². The molecule has 3 rings (SSSR count). The smallest absolute Gasteiger partial charge is 0.280 e. The van der Waals surface area contributed by atoms with Gasteiger partial charge in [-0.05, 0) is 24.3 Å². The zero-order chi connectivity index (χ0) is 18.7. The molecule has 0 saturated carbocycles. The largest absolute Gasteiger partial charge is 0.380 e. The Labute approximate surface area is 151 Å². The van der Waals surface area contributed by atoms with Crippen molar-refractivity contribution in [3.63, 3.8) is 0 Å². The standard InChI is InChI=1S/C18H14F2N2O3S/c1-25-9-11-15-13(20)7-4-8-14(15)26-16(11)18(24)22-21-17(23)10-5-2-3-6-12(10)19/h2-8H,9H2,1H3,(H,21,23)(H,22,24). The summed E-state index contributed by atoms with van der Waals surface area (Å²) in [7, 11) is 1.44. The highest BCUT2D eigenvalue weighted by atomic mass is 32.1. The van der Waals surface area contributed by atoms with Gasteiger partial charge in [0.2, 0.25) is 0 Å². The molecule has 5 nitrogen and oxygen atoms in total. The van der Waals surface area contributed by atoms with Crippen molar-refractivity contribution in [3.05, 3.63) is 70.1 Å². The molecule has 0 bridgehead atoms. The zero-order valence-electron chi connectivity index (χ0n) is 13.6. The highest BCUT2D eigenvalue weighted by molar-refractivity contribution is 7.21. The fourth-order valence-corrected chi connectivity index (χ4v) is 3.63. The number of benzene rings is 2. The molecule has 1 heterocycles. The number of ether oxygens (including phenoxy) is 1. The summed E-state index contributed by atoms with van der Waals surface area (Å²) in [4.78, 5) is 24.7. The van der Waals surface area contributed by atoms with E-state index >= 15 is 0 Å². The van der Waals surface area contributed by atoms with Gasteiger partial charge in [0, 0.05) is 22.8 Å². The molecule has 0 spiro atoms. The molecule has 0 aliphatic heterocycles. The number of nitrogens with one attached hydrogen (secondary N) is 2. The molecule has 2 aromatic carbocycles. The lowest BCUT2D eigenvalue weighted by atomic mass is 10.1. The van der Waals surface area contributed by atoms with Crippen molar-refractivity contribution in [3.8, 4) is 0 Å². The van der Waals surface area contributed by atoms with Crippen LogP contribution in [0.2, 0.25) is 0 Å². The van der Waals surface area contributed by atoms with E-state index < -0.39 is 23.4 Å². The normalized spacial score (nSPS) is 10.7. The van der Waals surface area contributed by atoms with E-state index in [2.05, 4.69) is 10.9 Å². The van der Waals surface area contributed by atoms with Crippen molar-refractivity contribution in [2.75, 3.05) is 7.11 Å². The Hall–Kier alpha value is -2.84. The second-order valence-corrected chi connectivity index (χ2v) is 6.40. The summed E-state index contributed by atoms with van der Waals surface area (Å²) < 4.78 is 33.4. The predicted octanol–water partition coefficient (Wildman–Crippen LogP) is 3.40. The molecule has 2 amide bonds. The van der Waals surface area contributed by atoms with Gasteiger partial charge < -0.3 is 4.74 Å². The van der Waals surface area contributed by atoms with Crippen molar-refractivity contribution in [1.29, 1.82) is 0 Å². The van der Waals surface area contributed by atoms with Crippen LogP contribution in [0.4, 0.5) is 8.78 Å². The van der Waals surface area contributed by atoms with Crippen LogP contribution < -0.4 is 10.9 Å². The molecule has 0 aliphatic carbocycles. The van der Waals surface area contributed by atoms with E-state index in [1.807, 2.05) is 0 Å². The van der Waals surface area contributed by atoms with Gasteiger partial charge in [0.25, 0.3) is 11.8 Å². The number of hydrogen-bond donors (Lipinski definition) is 2. The number of amides is 2. The Bertz CT molecular complexity index is 988. The predicted molar refractivity (Wildman–Crippen MR) is 93.8 cm³/mol. The maximum Gasteiger partial charge on any atom is 0.280 e. The Morgan fingerprint density at radius 2 is 1.69 bits per heavy atom. The van der Waals surface area contributed by atoms with Crippen molar-refractivity contribution in [1.82, 2.24) is 10.9 Å². The number of carbonyl (C=O) groups excluding carboxylic acids is 2. The van der Waals surface area contributed by atoms with Gasteiger partial charge in [0.05, 0.1) is 12.2 Å². The summed E-state index contributed by atoms with van der Waals surface area (Å²) in [5.74, 6) is -2.59. The third kappa shape index (κ3) is 3.42. The topological polar surface area (TPSA) is 67.4 Å². The Balaban J connectivity index is 1.84. The maximum absolute atomic E-state index is 14.1. The molecule has 0 radical (unpaired) electrons. The van der Waals surface area contributed by atoms with Gasteiger partial charge in [-0.3, -0.25) is 20.4 Å². The number of rotatable bonds is 4. The number of hydrazine groups is 1. The van der Waals surface area contributed by atoms with Crippen molar-refractivity contribution >= 4 is 33.2 Å². The minimum atomic E-state index is -0.794. The number of halogens is 2. The highest BCUT2D eigenvalue weighted by Crippen LogP contribution is 2.33. The minimum absolute atomic E-state index is 0.0327. The molecule has 0 unspecified atom stereocenters. The second kappa shape index (κ2) is 7.59. The molecule has 2 N–H and O–H groups in total. The van der Waals surface area contributed by atoms with E-state index in [0.29, 0.717) is 15.6 Å². The monoisotopic (exact) mass is 376 g/mol. The van der Waals surface area contributed by atoms with Crippen molar-refractivity contribution in [2.45, 2.75) is 6.61 Å². The lowest BCUT2D eigenvalue weighted by Crippen LogP contribution is -2.42. The fourth-order valence-electron chi connectivity index (χ4n) is 2.52. The SMILES string of the molecule is COCc1c(C(=O)NNC(=O)c2ccccc2F)sc2cccc(F)c12. The summed E-state index contributed by atoms with van der Waals surface area (Å²) in [6, 6.07) is 9.93. The van der Waals surface area contributed by atoms with Gasteiger partial charge in [-0.15, -0.1) is 11.3 Å². The lowest BCUT2D eigenvalue weighted by Gasteiger charge is -2.08. The summed E-state index contributed by atoms with van der Waals surface area (Å²) in [5, 5.41) is 0.310. The van der Waals surface area contributed by atoms with E-state index in [0.717, 1.165) is 17.4 Å². The van der Waals surface area contributed by atoms with Crippen LogP contribution in [0, 0.1) is 11.6 Å². The Morgan fingerprint density at radius 3 is 2.42 bits per heavy atom. The fraction of sp³-hybridized carbons (Fsp3) is 0.111. The molecule has 3 aromatic rings. The number of fused-ring (bicyclic) bond motifs is 1. The first-order chi connectivity index (χ1) is 12.5. The first kappa shape index (κ1) is 18.0. The van der Waals surface area contributed by atoms with Gasteiger partial charge in [-0.25, -0.2) is 8.78 Å². The van der Waals surface area contributed by atoms with Crippen LogP contribution in [0.1, 0.15) is 25.6 Å². The average molecular weight is 376 g/mol. The summed E-state index contributed by atoms with van der Waals surface area (Å²) in [6.07, 6.45) is 0. The van der Waals surface area contributed by atoms with Crippen LogP contribution in [-0.2, 0) is 11.3 Å². The van der Waals surface area contributed by atoms with Crippen molar-refractivity contribution < 1.29 is 23.1 Å². The third-order valence-corrected chi connectivity index (χ3v) is 4.86. The number of carbonyl (C=O) groups is 2. The van der Waals surface area contributed by atoms with Crippen LogP contribution in [0.15, 0.2) is 42.5 Å². The molecule has 0 aliphatic rings. The summed E-state index contributed by atoms with van der Waals surface area (Å²) in [5.41, 5.74) is 4.58. The quantitative estimate of drug-likeness (QED) is 0.686. The molecule has 26 heavy (non-hydrogen) atoms. The highest BCUT2D eigenvalue weighted by Gasteiger charge is 2.21. The molecule has 8 heteroatoms. The number of hydrogen-bond acceptors (Lipinski definition) is 4. The van der Waals surface area contributed by atoms with E-state index in [1.54, 1.807) is 12.1 Å². The zero-order valence-corrected chi connectivity index (χ0v) is 14.5. The van der Waals surface area contributed by atoms with Crippen LogP contribution in [-0.4, -0.2) is 18.9 Å². The Morgan fingerprint density at radius 1 is 1.00 bits per heavy atom. The summed E-state index contributed by atoms with van der Waals surface area (Å²) >= 11 is 1.08. The first-order valence-electron chi connectivity index (χ1n) is 7.57. The van der Waals surface area contributed by atoms with Gasteiger partial charge in [0.15, 0.2) is 0 Å². The Kier molecular flexibility index (Phi) is 5.24.